The first-order valence-electron chi connectivity index (χ1n) is 6.02. The van der Waals surface area contributed by atoms with E-state index in [0.29, 0.717) is 16.4 Å². The quantitative estimate of drug-likeness (QED) is 0.709. The zero-order valence-electron chi connectivity index (χ0n) is 10.8. The third-order valence-electron chi connectivity index (χ3n) is 2.79. The predicted octanol–water partition coefficient (Wildman–Crippen LogP) is 2.83. The molecule has 2 aromatic heterocycles. The van der Waals surface area contributed by atoms with E-state index < -0.39 is 0 Å². The van der Waals surface area contributed by atoms with Gasteiger partial charge in [-0.2, -0.15) is 0 Å². The minimum atomic E-state index is -0.192. The zero-order chi connectivity index (χ0) is 14.1. The highest BCUT2D eigenvalue weighted by Gasteiger charge is 2.10. The lowest BCUT2D eigenvalue weighted by atomic mass is 10.2. The number of hydrogen-bond acceptors (Lipinski definition) is 5. The van der Waals surface area contributed by atoms with E-state index in [9.17, 15) is 4.79 Å². The second-order valence-corrected chi connectivity index (χ2v) is 5.42. The lowest BCUT2D eigenvalue weighted by Gasteiger charge is -2.01. The number of rotatable bonds is 2. The SMILES string of the molecule is Cc1cc(C(=O)Nc2nc3ccc(N)cc3s2)ccn1. The Morgan fingerprint density at radius 2 is 2.15 bits per heavy atom. The molecule has 3 N–H and O–H groups in total. The van der Waals surface area contributed by atoms with Gasteiger partial charge >= 0.3 is 0 Å². The standard InChI is InChI=1S/C14H12N4OS/c1-8-6-9(4-5-16-8)13(19)18-14-17-11-3-2-10(15)7-12(11)20-14/h2-7H,15H2,1H3,(H,17,18,19). The number of aryl methyl sites for hydroxylation is 1. The molecule has 5 nitrogen and oxygen atoms in total. The number of fused-ring (bicyclic) bond motifs is 1. The Morgan fingerprint density at radius 3 is 2.95 bits per heavy atom. The Balaban J connectivity index is 1.87. The van der Waals surface area contributed by atoms with Crippen LogP contribution in [0.2, 0.25) is 0 Å². The molecule has 3 rings (SSSR count). The van der Waals surface area contributed by atoms with E-state index in [4.69, 9.17) is 5.73 Å². The van der Waals surface area contributed by atoms with E-state index in [-0.39, 0.29) is 5.91 Å². The van der Waals surface area contributed by atoms with Crippen LogP contribution in [0.1, 0.15) is 16.1 Å². The number of nitrogens with zero attached hydrogens (tertiary/aromatic N) is 2. The van der Waals surface area contributed by atoms with Crippen molar-refractivity contribution in [3.63, 3.8) is 0 Å². The average molecular weight is 284 g/mol. The Labute approximate surface area is 119 Å². The lowest BCUT2D eigenvalue weighted by Crippen LogP contribution is -2.11. The smallest absolute Gasteiger partial charge is 0.257 e. The minimum absolute atomic E-state index is 0.192. The van der Waals surface area contributed by atoms with Crippen molar-refractivity contribution in [3.8, 4) is 0 Å². The summed E-state index contributed by atoms with van der Waals surface area (Å²) in [5, 5.41) is 3.35. The molecule has 3 aromatic rings. The zero-order valence-corrected chi connectivity index (χ0v) is 11.6. The van der Waals surface area contributed by atoms with Gasteiger partial charge in [-0.05, 0) is 37.3 Å². The number of thiazole rings is 1. The summed E-state index contributed by atoms with van der Waals surface area (Å²) in [5.74, 6) is -0.192. The van der Waals surface area contributed by atoms with Gasteiger partial charge in [0, 0.05) is 23.1 Å². The summed E-state index contributed by atoms with van der Waals surface area (Å²) >= 11 is 1.40. The summed E-state index contributed by atoms with van der Waals surface area (Å²) in [6.45, 7) is 1.84. The van der Waals surface area contributed by atoms with Gasteiger partial charge in [0.1, 0.15) is 0 Å². The van der Waals surface area contributed by atoms with E-state index in [0.717, 1.165) is 15.9 Å². The monoisotopic (exact) mass is 284 g/mol. The Morgan fingerprint density at radius 1 is 1.30 bits per heavy atom. The maximum Gasteiger partial charge on any atom is 0.257 e. The molecule has 0 radical (unpaired) electrons. The van der Waals surface area contributed by atoms with Crippen LogP contribution in [0.25, 0.3) is 10.2 Å². The molecule has 100 valence electrons. The maximum absolute atomic E-state index is 12.1. The van der Waals surface area contributed by atoms with Gasteiger partial charge in [0.2, 0.25) is 0 Å². The van der Waals surface area contributed by atoms with Gasteiger partial charge in [0.15, 0.2) is 5.13 Å². The van der Waals surface area contributed by atoms with Crippen LogP contribution in [0, 0.1) is 6.92 Å². The van der Waals surface area contributed by atoms with Crippen molar-refractivity contribution in [2.75, 3.05) is 11.1 Å². The van der Waals surface area contributed by atoms with E-state index in [2.05, 4.69) is 15.3 Å². The molecule has 0 fully saturated rings. The number of nitrogen functional groups attached to an aromatic ring is 1. The predicted molar refractivity (Wildman–Crippen MR) is 81.0 cm³/mol. The molecule has 1 aromatic carbocycles. The molecule has 0 saturated carbocycles. The molecule has 0 aliphatic carbocycles. The number of benzene rings is 1. The first-order valence-corrected chi connectivity index (χ1v) is 6.83. The van der Waals surface area contributed by atoms with Crippen LogP contribution in [-0.2, 0) is 0 Å². The molecule has 0 unspecified atom stereocenters. The van der Waals surface area contributed by atoms with Crippen molar-refractivity contribution in [2.24, 2.45) is 0 Å². The molecule has 0 bridgehead atoms. The van der Waals surface area contributed by atoms with Crippen LogP contribution in [0.15, 0.2) is 36.5 Å². The number of anilines is 2. The van der Waals surface area contributed by atoms with Crippen molar-refractivity contribution in [2.45, 2.75) is 6.92 Å². The number of nitrogens with two attached hydrogens (primary N) is 1. The van der Waals surface area contributed by atoms with Crippen molar-refractivity contribution in [1.29, 1.82) is 0 Å². The van der Waals surface area contributed by atoms with Crippen molar-refractivity contribution in [3.05, 3.63) is 47.8 Å². The fourth-order valence-electron chi connectivity index (χ4n) is 1.85. The van der Waals surface area contributed by atoms with Gasteiger partial charge in [0.05, 0.1) is 10.2 Å². The van der Waals surface area contributed by atoms with Crippen LogP contribution in [0.5, 0.6) is 0 Å². The molecule has 0 aliphatic rings. The van der Waals surface area contributed by atoms with Gasteiger partial charge in [-0.25, -0.2) is 4.98 Å². The molecule has 2 heterocycles. The normalized spacial score (nSPS) is 10.7. The number of pyridine rings is 1. The number of carbonyl (C=O) groups excluding carboxylic acids is 1. The topological polar surface area (TPSA) is 80.9 Å². The third kappa shape index (κ3) is 2.46. The highest BCUT2D eigenvalue weighted by Crippen LogP contribution is 2.27. The fraction of sp³-hybridized carbons (Fsp3) is 0.0714. The largest absolute Gasteiger partial charge is 0.399 e. The summed E-state index contributed by atoms with van der Waals surface area (Å²) in [6, 6.07) is 8.89. The van der Waals surface area contributed by atoms with E-state index in [1.807, 2.05) is 19.1 Å². The van der Waals surface area contributed by atoms with Gasteiger partial charge in [0.25, 0.3) is 5.91 Å². The first kappa shape index (κ1) is 12.6. The lowest BCUT2D eigenvalue weighted by molar-refractivity contribution is 0.102. The van der Waals surface area contributed by atoms with E-state index in [1.54, 1.807) is 24.4 Å². The number of nitrogens with one attached hydrogen (secondary N) is 1. The molecule has 0 atom stereocenters. The molecule has 0 spiro atoms. The van der Waals surface area contributed by atoms with Gasteiger partial charge in [-0.1, -0.05) is 11.3 Å². The molecular weight excluding hydrogens is 272 g/mol. The number of carbonyl (C=O) groups is 1. The Kier molecular flexibility index (Phi) is 3.08. The first-order chi connectivity index (χ1) is 9.61. The summed E-state index contributed by atoms with van der Waals surface area (Å²) in [4.78, 5) is 20.5. The number of hydrogen-bond donors (Lipinski definition) is 2. The number of amides is 1. The fourth-order valence-corrected chi connectivity index (χ4v) is 2.76. The molecular formula is C14H12N4OS. The summed E-state index contributed by atoms with van der Waals surface area (Å²) in [5.41, 5.74) is 8.60. The molecule has 1 amide bonds. The van der Waals surface area contributed by atoms with Crippen LogP contribution >= 0.6 is 11.3 Å². The van der Waals surface area contributed by atoms with E-state index in [1.165, 1.54) is 11.3 Å². The van der Waals surface area contributed by atoms with Crippen LogP contribution in [0.3, 0.4) is 0 Å². The van der Waals surface area contributed by atoms with Gasteiger partial charge in [-0.15, -0.1) is 0 Å². The van der Waals surface area contributed by atoms with Crippen LogP contribution in [0.4, 0.5) is 10.8 Å². The van der Waals surface area contributed by atoms with Crippen LogP contribution in [-0.4, -0.2) is 15.9 Å². The minimum Gasteiger partial charge on any atom is -0.399 e. The average Bonchev–Trinajstić information content (AvgIpc) is 2.80. The second kappa shape index (κ2) is 4.90. The van der Waals surface area contributed by atoms with Crippen molar-refractivity contribution < 1.29 is 4.79 Å². The molecule has 0 aliphatic heterocycles. The Bertz CT molecular complexity index is 797. The summed E-state index contributed by atoms with van der Waals surface area (Å²) in [7, 11) is 0. The maximum atomic E-state index is 12.1. The Hall–Kier alpha value is -2.47. The summed E-state index contributed by atoms with van der Waals surface area (Å²) < 4.78 is 0.950. The van der Waals surface area contributed by atoms with Gasteiger partial charge < -0.3 is 5.73 Å². The second-order valence-electron chi connectivity index (χ2n) is 4.39. The molecule has 0 saturated heterocycles. The van der Waals surface area contributed by atoms with Crippen molar-refractivity contribution >= 4 is 38.3 Å². The molecule has 6 heteroatoms. The van der Waals surface area contributed by atoms with Gasteiger partial charge in [-0.3, -0.25) is 15.1 Å². The highest BCUT2D eigenvalue weighted by molar-refractivity contribution is 7.22. The van der Waals surface area contributed by atoms with E-state index >= 15 is 0 Å². The van der Waals surface area contributed by atoms with Crippen molar-refractivity contribution in [1.82, 2.24) is 9.97 Å². The highest BCUT2D eigenvalue weighted by atomic mass is 32.1. The summed E-state index contributed by atoms with van der Waals surface area (Å²) in [6.07, 6.45) is 1.61. The molecule has 20 heavy (non-hydrogen) atoms. The number of aromatic nitrogens is 2. The third-order valence-corrected chi connectivity index (χ3v) is 3.73. The van der Waals surface area contributed by atoms with Crippen LogP contribution < -0.4 is 11.1 Å².